The molecule has 0 atom stereocenters. The molecule has 0 saturated carbocycles. The third-order valence-electron chi connectivity index (χ3n) is 1.92. The monoisotopic (exact) mass is 295 g/mol. The summed E-state index contributed by atoms with van der Waals surface area (Å²) in [5.41, 5.74) is -0.0220. The van der Waals surface area contributed by atoms with Crippen LogP contribution in [0.4, 0.5) is 13.2 Å². The van der Waals surface area contributed by atoms with Gasteiger partial charge in [0.25, 0.3) is 0 Å². The van der Waals surface area contributed by atoms with E-state index >= 15 is 0 Å². The number of halogens is 3. The van der Waals surface area contributed by atoms with Gasteiger partial charge in [-0.05, 0) is 13.0 Å². The normalized spacial score (nSPS) is 13.8. The van der Waals surface area contributed by atoms with Crippen molar-refractivity contribution in [3.63, 3.8) is 0 Å². The van der Waals surface area contributed by atoms with Crippen LogP contribution < -0.4 is 0 Å². The summed E-state index contributed by atoms with van der Waals surface area (Å²) in [6.45, 7) is 0.184. The van der Waals surface area contributed by atoms with Crippen LogP contribution in [-0.4, -0.2) is 43.8 Å². The third-order valence-corrected chi connectivity index (χ3v) is 1.92. The minimum absolute atomic E-state index is 0.0220. The van der Waals surface area contributed by atoms with Crippen molar-refractivity contribution in [3.8, 4) is 0 Å². The molecule has 0 aliphatic carbocycles. The van der Waals surface area contributed by atoms with Crippen molar-refractivity contribution in [3.05, 3.63) is 23.6 Å². The van der Waals surface area contributed by atoms with E-state index in [0.717, 1.165) is 12.2 Å². The lowest BCUT2D eigenvalue weighted by atomic mass is 10.2. The second-order valence-corrected chi connectivity index (χ2v) is 3.54. The van der Waals surface area contributed by atoms with Gasteiger partial charge in [0.15, 0.2) is 6.61 Å². The van der Waals surface area contributed by atoms with E-state index in [1.54, 1.807) is 0 Å². The summed E-state index contributed by atoms with van der Waals surface area (Å²) >= 11 is 0. The number of nitrogens with zero attached hydrogens (tertiary/aromatic N) is 1. The summed E-state index contributed by atoms with van der Waals surface area (Å²) in [4.78, 5) is 14.5. The highest BCUT2D eigenvalue weighted by Gasteiger charge is 2.28. The fraction of sp³-hybridized carbons (Fsp3) is 0.500. The van der Waals surface area contributed by atoms with E-state index in [4.69, 9.17) is 9.84 Å². The van der Waals surface area contributed by atoms with Crippen molar-refractivity contribution in [1.29, 1.82) is 0 Å². The number of allylic oxidation sites excluding steroid dienone is 2. The molecule has 0 saturated heterocycles. The van der Waals surface area contributed by atoms with Crippen LogP contribution in [0.5, 0.6) is 0 Å². The molecule has 5 nitrogen and oxygen atoms in total. The fourth-order valence-corrected chi connectivity index (χ4v) is 1.06. The molecule has 20 heavy (non-hydrogen) atoms. The number of aliphatic carboxylic acids is 1. The minimum atomic E-state index is -4.49. The molecule has 0 aliphatic rings. The molecule has 0 aliphatic heterocycles. The lowest BCUT2D eigenvalue weighted by Gasteiger charge is -2.08. The number of carboxylic acids is 1. The molecule has 0 bridgehead atoms. The van der Waals surface area contributed by atoms with Gasteiger partial charge >= 0.3 is 12.1 Å². The molecule has 0 unspecified atom stereocenters. The Morgan fingerprint density at radius 3 is 2.45 bits per heavy atom. The predicted octanol–water partition coefficient (Wildman–Crippen LogP) is 2.54. The Bertz CT molecular complexity index is 400. The summed E-state index contributed by atoms with van der Waals surface area (Å²) in [5.74, 6) is -1.50. The van der Waals surface area contributed by atoms with E-state index in [2.05, 4.69) is 9.73 Å². The molecule has 0 rings (SSSR count). The van der Waals surface area contributed by atoms with Gasteiger partial charge in [-0.3, -0.25) is 0 Å². The van der Waals surface area contributed by atoms with Crippen molar-refractivity contribution < 1.29 is 32.5 Å². The van der Waals surface area contributed by atoms with E-state index < -0.39 is 18.8 Å². The molecule has 0 amide bonds. The topological polar surface area (TPSA) is 68.1 Å². The average Bonchev–Trinajstić information content (AvgIpc) is 2.34. The van der Waals surface area contributed by atoms with E-state index in [1.165, 1.54) is 20.2 Å². The number of alkyl halides is 3. The van der Waals surface area contributed by atoms with Gasteiger partial charge in [0.1, 0.15) is 0 Å². The SMILES string of the molecule is CC=N/C(=C\C=C(/CCOC)C(=O)O)OCC(F)(F)F. The highest BCUT2D eigenvalue weighted by atomic mass is 19.4. The first-order valence-corrected chi connectivity index (χ1v) is 5.61. The van der Waals surface area contributed by atoms with Crippen molar-refractivity contribution in [2.75, 3.05) is 20.3 Å². The maximum Gasteiger partial charge on any atom is 0.422 e. The average molecular weight is 295 g/mol. The summed E-state index contributed by atoms with van der Waals surface area (Å²) in [7, 11) is 1.41. The maximum absolute atomic E-state index is 12.0. The van der Waals surface area contributed by atoms with Crippen LogP contribution in [-0.2, 0) is 14.3 Å². The Labute approximate surface area is 114 Å². The van der Waals surface area contributed by atoms with Crippen LogP contribution in [0.15, 0.2) is 28.6 Å². The molecule has 0 fully saturated rings. The molecule has 0 radical (unpaired) electrons. The molecule has 114 valence electrons. The first kappa shape index (κ1) is 18.2. The van der Waals surface area contributed by atoms with Gasteiger partial charge in [0, 0.05) is 31.4 Å². The van der Waals surface area contributed by atoms with Crippen LogP contribution in [0.25, 0.3) is 0 Å². The lowest BCUT2D eigenvalue weighted by molar-refractivity contribution is -0.164. The zero-order valence-electron chi connectivity index (χ0n) is 11.1. The van der Waals surface area contributed by atoms with Crippen LogP contribution in [0.2, 0.25) is 0 Å². The number of rotatable bonds is 8. The maximum atomic E-state index is 12.0. The summed E-state index contributed by atoms with van der Waals surface area (Å²) in [6, 6.07) is 0. The molecule has 0 aromatic heterocycles. The van der Waals surface area contributed by atoms with Crippen molar-refractivity contribution in [2.24, 2.45) is 4.99 Å². The quantitative estimate of drug-likeness (QED) is 0.323. The number of hydrogen-bond acceptors (Lipinski definition) is 4. The van der Waals surface area contributed by atoms with E-state index in [0.29, 0.717) is 0 Å². The second-order valence-electron chi connectivity index (χ2n) is 3.54. The lowest BCUT2D eigenvalue weighted by Crippen LogP contribution is -2.16. The van der Waals surface area contributed by atoms with Crippen molar-refractivity contribution in [1.82, 2.24) is 0 Å². The van der Waals surface area contributed by atoms with Crippen LogP contribution in [0.1, 0.15) is 13.3 Å². The third kappa shape index (κ3) is 9.15. The molecule has 0 spiro atoms. The van der Waals surface area contributed by atoms with Gasteiger partial charge in [0.05, 0.1) is 6.61 Å². The highest BCUT2D eigenvalue weighted by molar-refractivity contribution is 5.86. The Kier molecular flexibility index (Phi) is 8.30. The molecule has 8 heteroatoms. The number of ether oxygens (including phenoxy) is 2. The van der Waals surface area contributed by atoms with Crippen LogP contribution in [0, 0.1) is 0 Å². The first-order valence-electron chi connectivity index (χ1n) is 5.61. The zero-order chi connectivity index (χ0) is 15.6. The van der Waals surface area contributed by atoms with Gasteiger partial charge in [0.2, 0.25) is 5.88 Å². The molecule has 0 aromatic rings. The first-order chi connectivity index (χ1) is 9.30. The highest BCUT2D eigenvalue weighted by Crippen LogP contribution is 2.17. The number of carbonyl (C=O) groups is 1. The van der Waals surface area contributed by atoms with Gasteiger partial charge in [-0.25, -0.2) is 9.79 Å². The number of carboxylic acid groups (broad SMARTS) is 1. The zero-order valence-corrected chi connectivity index (χ0v) is 11.1. The van der Waals surface area contributed by atoms with Gasteiger partial charge < -0.3 is 14.6 Å². The summed E-state index contributed by atoms with van der Waals surface area (Å²) < 4.78 is 45.2. The Balaban J connectivity index is 4.91. The molecule has 0 heterocycles. The Hall–Kier alpha value is -1.83. The fourth-order valence-electron chi connectivity index (χ4n) is 1.06. The van der Waals surface area contributed by atoms with Crippen molar-refractivity contribution >= 4 is 12.2 Å². The minimum Gasteiger partial charge on any atom is -0.478 e. The van der Waals surface area contributed by atoms with Crippen LogP contribution in [0.3, 0.4) is 0 Å². The Morgan fingerprint density at radius 2 is 2.00 bits per heavy atom. The number of hydrogen-bond donors (Lipinski definition) is 1. The molecular formula is C12H16F3NO4. The summed E-state index contributed by atoms with van der Waals surface area (Å²) in [6.07, 6.45) is -0.918. The van der Waals surface area contributed by atoms with E-state index in [9.17, 15) is 18.0 Å². The van der Waals surface area contributed by atoms with Gasteiger partial charge in [-0.1, -0.05) is 0 Å². The van der Waals surface area contributed by atoms with Gasteiger partial charge in [-0.2, -0.15) is 13.2 Å². The smallest absolute Gasteiger partial charge is 0.422 e. The second kappa shape index (κ2) is 9.13. The van der Waals surface area contributed by atoms with Crippen LogP contribution >= 0.6 is 0 Å². The number of aliphatic imine (C=N–C) groups is 1. The standard InChI is InChI=1S/C12H16F3NO4/c1-3-16-10(20-8-12(13,14)15)5-4-9(11(17)18)6-7-19-2/h3-5H,6-8H2,1-2H3,(H,17,18)/b9-4+,10-5+,16-3?. The molecule has 0 aromatic carbocycles. The molecular weight excluding hydrogens is 279 g/mol. The van der Waals surface area contributed by atoms with Gasteiger partial charge in [-0.15, -0.1) is 0 Å². The van der Waals surface area contributed by atoms with Crippen molar-refractivity contribution in [2.45, 2.75) is 19.5 Å². The van der Waals surface area contributed by atoms with E-state index in [1.807, 2.05) is 0 Å². The number of methoxy groups -OCH3 is 1. The predicted molar refractivity (Wildman–Crippen MR) is 66.5 cm³/mol. The Morgan fingerprint density at radius 1 is 1.35 bits per heavy atom. The molecule has 1 N–H and O–H groups in total. The summed E-state index contributed by atoms with van der Waals surface area (Å²) in [5, 5.41) is 8.89. The largest absolute Gasteiger partial charge is 0.478 e. The van der Waals surface area contributed by atoms with E-state index in [-0.39, 0.29) is 24.5 Å².